The molecule has 1 aromatic carbocycles. The Kier molecular flexibility index (Phi) is 4.54. The Bertz CT molecular complexity index is 940. The molecule has 0 spiro atoms. The van der Waals surface area contributed by atoms with Crippen molar-refractivity contribution in [1.82, 2.24) is 4.98 Å². The van der Waals surface area contributed by atoms with Crippen LogP contribution in [0.1, 0.15) is 47.5 Å². The summed E-state index contributed by atoms with van der Waals surface area (Å²) in [6.45, 7) is 3.25. The van der Waals surface area contributed by atoms with E-state index >= 15 is 0 Å². The zero-order valence-corrected chi connectivity index (χ0v) is 16.4. The Morgan fingerprint density at radius 3 is 2.65 bits per heavy atom. The molecule has 2 aromatic rings. The molecule has 2 aliphatic carbocycles. The minimum Gasteiger partial charge on any atom is -0.439 e. The number of anilines is 1. The highest BCUT2D eigenvalue weighted by Gasteiger charge is 2.26. The lowest BCUT2D eigenvalue weighted by Gasteiger charge is -2.27. The summed E-state index contributed by atoms with van der Waals surface area (Å²) in [4.78, 5) is 4.10. The summed E-state index contributed by atoms with van der Waals surface area (Å²) in [5.74, 6) is 0. The van der Waals surface area contributed by atoms with Crippen molar-refractivity contribution in [3.63, 3.8) is 0 Å². The van der Waals surface area contributed by atoms with Crippen molar-refractivity contribution in [1.29, 1.82) is 0 Å². The first kappa shape index (κ1) is 17.9. The Hall–Kier alpha value is -1.48. The number of aryl methyl sites for hydroxylation is 2. The molecular formula is C18H22N3O3S2-. The number of hydrogen-bond acceptors (Lipinski definition) is 8. The number of hydrogen-bond donors (Lipinski definition) is 3. The molecule has 1 aromatic heterocycles. The van der Waals surface area contributed by atoms with Gasteiger partial charge >= 0.3 is 0 Å². The van der Waals surface area contributed by atoms with Gasteiger partial charge in [0.2, 0.25) is 6.35 Å². The predicted octanol–water partition coefficient (Wildman–Crippen LogP) is 2.85. The van der Waals surface area contributed by atoms with Gasteiger partial charge in [-0.3, -0.25) is 0 Å². The third-order valence-corrected chi connectivity index (χ3v) is 7.52. The van der Waals surface area contributed by atoms with E-state index in [1.54, 1.807) is 13.8 Å². The second-order valence-corrected chi connectivity index (χ2v) is 9.73. The monoisotopic (exact) mass is 392 g/mol. The van der Waals surface area contributed by atoms with Gasteiger partial charge in [-0.25, -0.2) is 4.98 Å². The van der Waals surface area contributed by atoms with Crippen LogP contribution < -0.4 is 5.32 Å². The van der Waals surface area contributed by atoms with Gasteiger partial charge in [-0.1, -0.05) is 6.07 Å². The molecule has 0 amide bonds. The van der Waals surface area contributed by atoms with E-state index in [1.807, 2.05) is 0 Å². The van der Waals surface area contributed by atoms with Crippen LogP contribution >= 0.6 is 11.3 Å². The van der Waals surface area contributed by atoms with Crippen molar-refractivity contribution in [2.24, 2.45) is 4.36 Å². The second-order valence-electron chi connectivity index (χ2n) is 7.30. The SMILES string of the molecule is CC(C)(O)c1ncc([S-](=O)=NC(O)Nc2c3c(cc4c2CC4)CCC3)s1. The van der Waals surface area contributed by atoms with Crippen molar-refractivity contribution in [2.75, 3.05) is 5.32 Å². The summed E-state index contributed by atoms with van der Waals surface area (Å²) in [6, 6.07) is 2.30. The molecule has 0 aliphatic heterocycles. The van der Waals surface area contributed by atoms with E-state index in [9.17, 15) is 14.4 Å². The maximum absolute atomic E-state index is 12.4. The highest BCUT2D eigenvalue weighted by atomic mass is 32.2. The number of benzene rings is 1. The lowest BCUT2D eigenvalue weighted by Crippen LogP contribution is -2.22. The number of nitrogens with one attached hydrogen (secondary N) is 1. The molecule has 1 heterocycles. The summed E-state index contributed by atoms with van der Waals surface area (Å²) in [5.41, 5.74) is 5.13. The molecule has 0 saturated heterocycles. The van der Waals surface area contributed by atoms with Gasteiger partial charge in [0.15, 0.2) is 0 Å². The smallest absolute Gasteiger partial charge is 0.201 e. The average Bonchev–Trinajstić information content (AvgIpc) is 3.18. The number of aromatic nitrogens is 1. The molecule has 140 valence electrons. The summed E-state index contributed by atoms with van der Waals surface area (Å²) in [5, 5.41) is 23.8. The van der Waals surface area contributed by atoms with Crippen LogP contribution in [0.15, 0.2) is 20.8 Å². The third kappa shape index (κ3) is 3.26. The largest absolute Gasteiger partial charge is 0.439 e. The van der Waals surface area contributed by atoms with Gasteiger partial charge in [0.1, 0.15) is 10.6 Å². The normalized spacial score (nSPS) is 18.2. The fourth-order valence-corrected chi connectivity index (χ4v) is 5.32. The van der Waals surface area contributed by atoms with Crippen LogP contribution in [0, 0.1) is 0 Å². The van der Waals surface area contributed by atoms with Gasteiger partial charge in [-0.05, 0) is 72.4 Å². The highest BCUT2D eigenvalue weighted by molar-refractivity contribution is 7.77. The quantitative estimate of drug-likeness (QED) is 0.537. The molecule has 1 atom stereocenters. The van der Waals surface area contributed by atoms with Crippen molar-refractivity contribution < 1.29 is 14.4 Å². The van der Waals surface area contributed by atoms with Crippen molar-refractivity contribution in [2.45, 2.75) is 62.1 Å². The lowest BCUT2D eigenvalue weighted by molar-refractivity contribution is 0.0783. The molecular weight excluding hydrogens is 370 g/mol. The molecule has 4 rings (SSSR count). The minimum absolute atomic E-state index is 0.411. The number of aliphatic hydroxyl groups is 2. The molecule has 0 saturated carbocycles. The van der Waals surface area contributed by atoms with Crippen LogP contribution in [0.3, 0.4) is 0 Å². The van der Waals surface area contributed by atoms with Crippen molar-refractivity contribution in [3.8, 4) is 0 Å². The van der Waals surface area contributed by atoms with Crippen LogP contribution in [0.4, 0.5) is 5.69 Å². The molecule has 3 N–H and O–H groups in total. The first-order chi connectivity index (χ1) is 12.3. The molecule has 26 heavy (non-hydrogen) atoms. The van der Waals surface area contributed by atoms with Crippen molar-refractivity contribution >= 4 is 27.6 Å². The first-order valence-electron chi connectivity index (χ1n) is 8.75. The van der Waals surface area contributed by atoms with Crippen LogP contribution in [0.5, 0.6) is 0 Å². The van der Waals surface area contributed by atoms with Gasteiger partial charge in [0.25, 0.3) is 0 Å². The number of fused-ring (bicyclic) bond motifs is 2. The lowest BCUT2D eigenvalue weighted by atomic mass is 9.83. The van der Waals surface area contributed by atoms with Crippen LogP contribution in [0.25, 0.3) is 0 Å². The predicted molar refractivity (Wildman–Crippen MR) is 102 cm³/mol. The number of aliphatic hydroxyl groups excluding tert-OH is 1. The van der Waals surface area contributed by atoms with E-state index in [4.69, 9.17) is 0 Å². The Morgan fingerprint density at radius 1 is 1.27 bits per heavy atom. The highest BCUT2D eigenvalue weighted by Crippen LogP contribution is 2.40. The second kappa shape index (κ2) is 6.60. The van der Waals surface area contributed by atoms with Gasteiger partial charge in [-0.15, -0.1) is 21.9 Å². The van der Waals surface area contributed by atoms with E-state index < -0.39 is 22.5 Å². The topological polar surface area (TPSA) is 94.8 Å². The molecule has 0 fully saturated rings. The summed E-state index contributed by atoms with van der Waals surface area (Å²) in [7, 11) is -1.74. The fraction of sp³-hybridized carbons (Fsp3) is 0.500. The molecule has 0 bridgehead atoms. The summed E-state index contributed by atoms with van der Waals surface area (Å²) < 4.78 is 16.8. The van der Waals surface area contributed by atoms with Crippen LogP contribution in [0.2, 0.25) is 0 Å². The van der Waals surface area contributed by atoms with Crippen LogP contribution in [-0.4, -0.2) is 21.5 Å². The van der Waals surface area contributed by atoms with Gasteiger partial charge in [0.05, 0.1) is 0 Å². The maximum Gasteiger partial charge on any atom is 0.201 e. The van der Waals surface area contributed by atoms with Gasteiger partial charge in [-0.2, -0.15) is 0 Å². The van der Waals surface area contributed by atoms with E-state index in [2.05, 4.69) is 20.7 Å². The average molecular weight is 393 g/mol. The van der Waals surface area contributed by atoms with E-state index in [1.165, 1.54) is 28.5 Å². The number of thiazole rings is 1. The van der Waals surface area contributed by atoms with Crippen LogP contribution in [-0.2, 0) is 46.1 Å². The Labute approximate surface area is 158 Å². The Balaban J connectivity index is 1.56. The van der Waals surface area contributed by atoms with Crippen molar-refractivity contribution in [3.05, 3.63) is 39.5 Å². The standard InChI is InChI=1S/C18H22N3O3S2/c1-18(2,23)16-19-9-14(25-16)26(24)21-17(22)20-15-12-5-3-4-10(12)8-11-6-7-13(11)15/h8-9,17,20,22-23H,3-7H2,1-2H3/q-1. The zero-order chi connectivity index (χ0) is 18.5. The molecule has 1 unspecified atom stereocenters. The fourth-order valence-electron chi connectivity index (χ4n) is 3.54. The summed E-state index contributed by atoms with van der Waals surface area (Å²) >= 11 is 1.14. The van der Waals surface area contributed by atoms with Gasteiger partial charge < -0.3 is 24.1 Å². The molecule has 8 heteroatoms. The molecule has 0 radical (unpaired) electrons. The maximum atomic E-state index is 12.4. The molecule has 2 aliphatic rings. The minimum atomic E-state index is -1.74. The first-order valence-corrected chi connectivity index (χ1v) is 10.7. The zero-order valence-electron chi connectivity index (χ0n) is 14.8. The Morgan fingerprint density at radius 2 is 2.00 bits per heavy atom. The van der Waals surface area contributed by atoms with E-state index in [0.29, 0.717) is 9.22 Å². The summed E-state index contributed by atoms with van der Waals surface area (Å²) in [6.07, 6.45) is 5.49. The van der Waals surface area contributed by atoms with Gasteiger partial charge in [0, 0.05) is 11.9 Å². The number of nitrogens with zero attached hydrogens (tertiary/aromatic N) is 2. The molecule has 6 nitrogen and oxygen atoms in total. The van der Waals surface area contributed by atoms with E-state index in [0.717, 1.165) is 49.1 Å². The number of rotatable bonds is 5. The third-order valence-electron chi connectivity index (χ3n) is 4.89. The van der Waals surface area contributed by atoms with E-state index in [-0.39, 0.29) is 0 Å².